The zero-order valence-corrected chi connectivity index (χ0v) is 11.6. The minimum absolute atomic E-state index is 0.0311. The van der Waals surface area contributed by atoms with Crippen LogP contribution in [0.25, 0.3) is 0 Å². The van der Waals surface area contributed by atoms with E-state index in [1.807, 2.05) is 0 Å². The standard InChI is InChI=1S/C15H14F2N2O3/c16-15(17)21-13-3-1-2-10(14(13)22-15)8-19-12-6-11(20)5-4-9(12)7-18-19/h1-3,7,11,20H,4-6,8H2. The van der Waals surface area contributed by atoms with Crippen LogP contribution in [0.1, 0.15) is 23.2 Å². The highest BCUT2D eigenvalue weighted by atomic mass is 19.3. The molecule has 22 heavy (non-hydrogen) atoms. The molecule has 0 saturated heterocycles. The average Bonchev–Trinajstić information content (AvgIpc) is 2.99. The lowest BCUT2D eigenvalue weighted by Gasteiger charge is -2.19. The van der Waals surface area contributed by atoms with E-state index in [1.165, 1.54) is 6.07 Å². The molecule has 4 rings (SSSR count). The Bertz CT molecular complexity index is 730. The molecule has 5 nitrogen and oxygen atoms in total. The van der Waals surface area contributed by atoms with E-state index < -0.39 is 6.29 Å². The molecule has 1 atom stereocenters. The Hall–Kier alpha value is -2.15. The Morgan fingerprint density at radius 1 is 1.36 bits per heavy atom. The largest absolute Gasteiger partial charge is 0.586 e. The van der Waals surface area contributed by atoms with Crippen LogP contribution in [0, 0.1) is 0 Å². The van der Waals surface area contributed by atoms with Gasteiger partial charge in [-0.15, -0.1) is 8.78 Å². The monoisotopic (exact) mass is 308 g/mol. The predicted octanol–water partition coefficient (Wildman–Crippen LogP) is 2.10. The van der Waals surface area contributed by atoms with Gasteiger partial charge in [0.1, 0.15) is 0 Å². The van der Waals surface area contributed by atoms with Crippen molar-refractivity contribution in [2.24, 2.45) is 0 Å². The van der Waals surface area contributed by atoms with Gasteiger partial charge in [-0.25, -0.2) is 0 Å². The van der Waals surface area contributed by atoms with E-state index in [-0.39, 0.29) is 17.6 Å². The fourth-order valence-electron chi connectivity index (χ4n) is 2.99. The molecule has 1 unspecified atom stereocenters. The molecule has 0 amide bonds. The minimum atomic E-state index is -3.63. The Morgan fingerprint density at radius 3 is 3.09 bits per heavy atom. The summed E-state index contributed by atoms with van der Waals surface area (Å²) in [6.07, 6.45) is -0.204. The van der Waals surface area contributed by atoms with E-state index in [4.69, 9.17) is 0 Å². The number of fused-ring (bicyclic) bond motifs is 2. The topological polar surface area (TPSA) is 56.5 Å². The number of ether oxygens (including phenoxy) is 2. The molecule has 116 valence electrons. The minimum Gasteiger partial charge on any atom is -0.395 e. The molecule has 7 heteroatoms. The summed E-state index contributed by atoms with van der Waals surface area (Å²) in [4.78, 5) is 0. The SMILES string of the molecule is OC1CCc2cnn(Cc3cccc4c3OC(F)(F)O4)c2C1. The second-order valence-corrected chi connectivity index (χ2v) is 5.58. The van der Waals surface area contributed by atoms with Crippen LogP contribution in [-0.2, 0) is 19.4 Å². The van der Waals surface area contributed by atoms with Gasteiger partial charge in [-0.05, 0) is 24.5 Å². The van der Waals surface area contributed by atoms with E-state index in [0.29, 0.717) is 18.5 Å². The fraction of sp³-hybridized carbons (Fsp3) is 0.400. The fourth-order valence-corrected chi connectivity index (χ4v) is 2.99. The van der Waals surface area contributed by atoms with Crippen molar-refractivity contribution in [1.82, 2.24) is 9.78 Å². The lowest BCUT2D eigenvalue weighted by atomic mass is 9.95. The summed E-state index contributed by atoms with van der Waals surface area (Å²) in [5, 5.41) is 14.1. The summed E-state index contributed by atoms with van der Waals surface area (Å²) in [5.41, 5.74) is 2.61. The van der Waals surface area contributed by atoms with Gasteiger partial charge in [-0.3, -0.25) is 4.68 Å². The number of rotatable bonds is 2. The van der Waals surface area contributed by atoms with Gasteiger partial charge < -0.3 is 14.6 Å². The van der Waals surface area contributed by atoms with Crippen molar-refractivity contribution in [3.05, 3.63) is 41.2 Å². The zero-order valence-electron chi connectivity index (χ0n) is 11.6. The number of aliphatic hydroxyl groups excluding tert-OH is 1. The number of para-hydroxylation sites is 1. The molecule has 0 saturated carbocycles. The van der Waals surface area contributed by atoms with Crippen LogP contribution in [0.5, 0.6) is 11.5 Å². The van der Waals surface area contributed by atoms with Crippen molar-refractivity contribution in [2.75, 3.05) is 0 Å². The van der Waals surface area contributed by atoms with Crippen molar-refractivity contribution in [2.45, 2.75) is 38.2 Å². The Balaban J connectivity index is 1.67. The maximum absolute atomic E-state index is 13.2. The molecule has 0 radical (unpaired) electrons. The molecule has 0 fully saturated rings. The molecular weight excluding hydrogens is 294 g/mol. The van der Waals surface area contributed by atoms with Crippen LogP contribution >= 0.6 is 0 Å². The van der Waals surface area contributed by atoms with Crippen molar-refractivity contribution in [3.8, 4) is 11.5 Å². The van der Waals surface area contributed by atoms with Crippen LogP contribution in [0.3, 0.4) is 0 Å². The van der Waals surface area contributed by atoms with Crippen molar-refractivity contribution in [1.29, 1.82) is 0 Å². The third kappa shape index (κ3) is 2.21. The molecule has 1 aromatic heterocycles. The lowest BCUT2D eigenvalue weighted by molar-refractivity contribution is -0.286. The molecular formula is C15H14F2N2O3. The van der Waals surface area contributed by atoms with Gasteiger partial charge in [-0.2, -0.15) is 5.10 Å². The van der Waals surface area contributed by atoms with E-state index in [1.54, 1.807) is 23.0 Å². The van der Waals surface area contributed by atoms with Crippen molar-refractivity contribution >= 4 is 0 Å². The predicted molar refractivity (Wildman–Crippen MR) is 72.0 cm³/mol. The zero-order chi connectivity index (χ0) is 15.3. The summed E-state index contributed by atoms with van der Waals surface area (Å²) >= 11 is 0. The van der Waals surface area contributed by atoms with E-state index in [2.05, 4.69) is 14.6 Å². The summed E-state index contributed by atoms with van der Waals surface area (Å²) in [7, 11) is 0. The number of hydrogen-bond donors (Lipinski definition) is 1. The molecule has 2 aliphatic rings. The summed E-state index contributed by atoms with van der Waals surface area (Å²) < 4.78 is 37.2. The van der Waals surface area contributed by atoms with Gasteiger partial charge >= 0.3 is 6.29 Å². The van der Waals surface area contributed by atoms with Crippen LogP contribution in [0.15, 0.2) is 24.4 Å². The highest BCUT2D eigenvalue weighted by Crippen LogP contribution is 2.43. The first-order chi connectivity index (χ1) is 10.5. The van der Waals surface area contributed by atoms with E-state index >= 15 is 0 Å². The molecule has 2 aromatic rings. The first kappa shape index (κ1) is 13.5. The first-order valence-corrected chi connectivity index (χ1v) is 7.11. The number of aryl methyl sites for hydroxylation is 1. The number of aliphatic hydroxyl groups is 1. The van der Waals surface area contributed by atoms with E-state index in [9.17, 15) is 13.9 Å². The van der Waals surface area contributed by atoms with Gasteiger partial charge in [0.25, 0.3) is 0 Å². The number of alkyl halides is 2. The highest BCUT2D eigenvalue weighted by Gasteiger charge is 2.44. The molecule has 1 aliphatic carbocycles. The second-order valence-electron chi connectivity index (χ2n) is 5.58. The van der Waals surface area contributed by atoms with Crippen LogP contribution < -0.4 is 9.47 Å². The van der Waals surface area contributed by atoms with Gasteiger partial charge in [0, 0.05) is 17.7 Å². The normalized spacial score (nSPS) is 21.7. The summed E-state index contributed by atoms with van der Waals surface area (Å²) in [6.45, 7) is 0.296. The number of nitrogens with zero attached hydrogens (tertiary/aromatic N) is 2. The maximum Gasteiger partial charge on any atom is 0.586 e. The van der Waals surface area contributed by atoms with Crippen LogP contribution in [0.4, 0.5) is 8.78 Å². The summed E-state index contributed by atoms with van der Waals surface area (Å²) in [5.74, 6) is 0.0802. The molecule has 0 spiro atoms. The Kier molecular flexibility index (Phi) is 2.87. The van der Waals surface area contributed by atoms with E-state index in [0.717, 1.165) is 24.1 Å². The molecule has 2 heterocycles. The molecule has 1 aliphatic heterocycles. The van der Waals surface area contributed by atoms with Gasteiger partial charge in [0.15, 0.2) is 11.5 Å². The van der Waals surface area contributed by atoms with Crippen LogP contribution in [-0.4, -0.2) is 27.3 Å². The number of aromatic nitrogens is 2. The highest BCUT2D eigenvalue weighted by molar-refractivity contribution is 5.49. The van der Waals surface area contributed by atoms with Crippen molar-refractivity contribution < 1.29 is 23.4 Å². The summed E-state index contributed by atoms with van der Waals surface area (Å²) in [6, 6.07) is 4.79. The average molecular weight is 308 g/mol. The molecule has 1 aromatic carbocycles. The second kappa shape index (κ2) is 4.67. The quantitative estimate of drug-likeness (QED) is 0.923. The van der Waals surface area contributed by atoms with Gasteiger partial charge in [-0.1, -0.05) is 12.1 Å². The smallest absolute Gasteiger partial charge is 0.395 e. The van der Waals surface area contributed by atoms with Gasteiger partial charge in [0.05, 0.1) is 18.8 Å². The van der Waals surface area contributed by atoms with Crippen molar-refractivity contribution in [3.63, 3.8) is 0 Å². The van der Waals surface area contributed by atoms with Gasteiger partial charge in [0.2, 0.25) is 0 Å². The number of halogens is 2. The Labute approximate surface area is 125 Å². The third-order valence-electron chi connectivity index (χ3n) is 4.04. The molecule has 0 bridgehead atoms. The first-order valence-electron chi connectivity index (χ1n) is 7.11. The third-order valence-corrected chi connectivity index (χ3v) is 4.04. The Morgan fingerprint density at radius 2 is 2.23 bits per heavy atom. The van der Waals surface area contributed by atoms with Crippen LogP contribution in [0.2, 0.25) is 0 Å². The lowest BCUT2D eigenvalue weighted by Crippen LogP contribution is -2.26. The molecule has 1 N–H and O–H groups in total. The maximum atomic E-state index is 13.2. The number of benzene rings is 1. The number of hydrogen-bond acceptors (Lipinski definition) is 4.